The van der Waals surface area contributed by atoms with Gasteiger partial charge in [0.1, 0.15) is 0 Å². The van der Waals surface area contributed by atoms with Crippen LogP contribution in [-0.4, -0.2) is 24.6 Å². The van der Waals surface area contributed by atoms with Gasteiger partial charge in [0.2, 0.25) is 0 Å². The number of hydrogen-bond acceptors (Lipinski definition) is 4. The Kier molecular flexibility index (Phi) is 5.64. The van der Waals surface area contributed by atoms with E-state index in [0.29, 0.717) is 0 Å². The SMILES string of the molecule is CCCNCc1sc(N(CC)CCC)nc1C1CC1. The third-order valence-corrected chi connectivity index (χ3v) is 4.67. The smallest absolute Gasteiger partial charge is 0.185 e. The summed E-state index contributed by atoms with van der Waals surface area (Å²) in [7, 11) is 0. The summed E-state index contributed by atoms with van der Waals surface area (Å²) in [5.41, 5.74) is 1.39. The van der Waals surface area contributed by atoms with Crippen LogP contribution in [0.5, 0.6) is 0 Å². The molecule has 1 aromatic heterocycles. The quantitative estimate of drug-likeness (QED) is 0.699. The minimum absolute atomic E-state index is 0.753. The van der Waals surface area contributed by atoms with Crippen LogP contribution in [0.15, 0.2) is 0 Å². The van der Waals surface area contributed by atoms with Crippen LogP contribution >= 0.6 is 11.3 Å². The van der Waals surface area contributed by atoms with Gasteiger partial charge < -0.3 is 10.2 Å². The molecule has 19 heavy (non-hydrogen) atoms. The van der Waals surface area contributed by atoms with Gasteiger partial charge in [-0.05, 0) is 39.2 Å². The van der Waals surface area contributed by atoms with Gasteiger partial charge in [-0.2, -0.15) is 0 Å². The summed E-state index contributed by atoms with van der Waals surface area (Å²) in [5.74, 6) is 0.753. The van der Waals surface area contributed by atoms with Gasteiger partial charge >= 0.3 is 0 Å². The van der Waals surface area contributed by atoms with E-state index in [1.807, 2.05) is 11.3 Å². The van der Waals surface area contributed by atoms with Crippen molar-refractivity contribution in [3.05, 3.63) is 10.6 Å². The molecule has 0 aromatic carbocycles. The standard InChI is InChI=1S/C15H27N3S/c1-4-9-16-11-13-14(12-7-8-12)17-15(19-13)18(6-3)10-5-2/h12,16H,4-11H2,1-3H3. The number of nitrogens with one attached hydrogen (secondary N) is 1. The molecule has 1 saturated carbocycles. The second-order valence-electron chi connectivity index (χ2n) is 5.34. The van der Waals surface area contributed by atoms with Gasteiger partial charge in [-0.1, -0.05) is 13.8 Å². The number of hydrogen-bond donors (Lipinski definition) is 1. The third-order valence-electron chi connectivity index (χ3n) is 3.54. The van der Waals surface area contributed by atoms with Crippen LogP contribution in [0.3, 0.4) is 0 Å². The van der Waals surface area contributed by atoms with Crippen LogP contribution in [0, 0.1) is 0 Å². The van der Waals surface area contributed by atoms with E-state index in [4.69, 9.17) is 4.98 Å². The molecule has 1 heterocycles. The van der Waals surface area contributed by atoms with Gasteiger partial charge in [-0.15, -0.1) is 11.3 Å². The molecule has 0 unspecified atom stereocenters. The molecule has 3 nitrogen and oxygen atoms in total. The Labute approximate surface area is 121 Å². The molecule has 1 fully saturated rings. The number of aromatic nitrogens is 1. The molecule has 0 radical (unpaired) electrons. The van der Waals surface area contributed by atoms with Gasteiger partial charge in [0.05, 0.1) is 5.69 Å². The largest absolute Gasteiger partial charge is 0.348 e. The van der Waals surface area contributed by atoms with E-state index >= 15 is 0 Å². The Morgan fingerprint density at radius 1 is 1.26 bits per heavy atom. The lowest BCUT2D eigenvalue weighted by atomic mass is 10.2. The Bertz CT molecular complexity index is 385. The van der Waals surface area contributed by atoms with Crippen molar-refractivity contribution in [2.75, 3.05) is 24.5 Å². The molecule has 2 rings (SSSR count). The van der Waals surface area contributed by atoms with Crippen molar-refractivity contribution in [3.63, 3.8) is 0 Å². The minimum Gasteiger partial charge on any atom is -0.348 e. The van der Waals surface area contributed by atoms with Crippen LogP contribution in [0.1, 0.15) is 62.9 Å². The topological polar surface area (TPSA) is 28.2 Å². The second kappa shape index (κ2) is 7.25. The van der Waals surface area contributed by atoms with E-state index in [0.717, 1.165) is 32.1 Å². The number of rotatable bonds is 9. The highest BCUT2D eigenvalue weighted by Crippen LogP contribution is 2.44. The Balaban J connectivity index is 2.09. The Hall–Kier alpha value is -0.610. The molecule has 0 amide bonds. The van der Waals surface area contributed by atoms with Crippen molar-refractivity contribution < 1.29 is 0 Å². The zero-order chi connectivity index (χ0) is 13.7. The third kappa shape index (κ3) is 3.93. The average Bonchev–Trinajstić information content (AvgIpc) is 3.18. The fraction of sp³-hybridized carbons (Fsp3) is 0.800. The molecular formula is C15H27N3S. The first-order valence-corrected chi connectivity index (χ1v) is 8.57. The van der Waals surface area contributed by atoms with Gasteiger partial charge in [0.25, 0.3) is 0 Å². The molecule has 0 spiro atoms. The molecule has 0 atom stereocenters. The first kappa shape index (κ1) is 14.8. The maximum absolute atomic E-state index is 4.95. The van der Waals surface area contributed by atoms with Crippen molar-refractivity contribution in [2.24, 2.45) is 0 Å². The van der Waals surface area contributed by atoms with Crippen molar-refractivity contribution in [1.29, 1.82) is 0 Å². The highest BCUT2D eigenvalue weighted by atomic mass is 32.1. The summed E-state index contributed by atoms with van der Waals surface area (Å²) in [6.45, 7) is 11.0. The number of nitrogens with zero attached hydrogens (tertiary/aromatic N) is 2. The maximum Gasteiger partial charge on any atom is 0.185 e. The summed E-state index contributed by atoms with van der Waals surface area (Å²) in [4.78, 5) is 8.83. The minimum atomic E-state index is 0.753. The molecule has 0 aliphatic heterocycles. The lowest BCUT2D eigenvalue weighted by Gasteiger charge is -2.18. The lowest BCUT2D eigenvalue weighted by Crippen LogP contribution is -2.23. The van der Waals surface area contributed by atoms with E-state index in [9.17, 15) is 0 Å². The molecule has 1 N–H and O–H groups in total. The molecular weight excluding hydrogens is 254 g/mol. The normalized spacial score (nSPS) is 14.9. The second-order valence-corrected chi connectivity index (χ2v) is 6.40. The summed E-state index contributed by atoms with van der Waals surface area (Å²) in [5, 5.41) is 4.76. The molecule has 0 bridgehead atoms. The van der Waals surface area contributed by atoms with E-state index < -0.39 is 0 Å². The predicted octanol–water partition coefficient (Wildman–Crippen LogP) is 3.76. The molecule has 4 heteroatoms. The van der Waals surface area contributed by atoms with Crippen molar-refractivity contribution in [1.82, 2.24) is 10.3 Å². The molecule has 1 aromatic rings. The van der Waals surface area contributed by atoms with E-state index in [2.05, 4.69) is 31.0 Å². The average molecular weight is 281 g/mol. The number of anilines is 1. The fourth-order valence-electron chi connectivity index (χ4n) is 2.33. The van der Waals surface area contributed by atoms with Crippen molar-refractivity contribution in [2.45, 2.75) is 58.9 Å². The lowest BCUT2D eigenvalue weighted by molar-refractivity contribution is 0.676. The molecule has 0 saturated heterocycles. The van der Waals surface area contributed by atoms with Crippen molar-refractivity contribution in [3.8, 4) is 0 Å². The first-order chi connectivity index (χ1) is 9.30. The van der Waals surface area contributed by atoms with Gasteiger partial charge in [-0.25, -0.2) is 4.98 Å². The molecule has 108 valence electrons. The molecule has 1 aliphatic carbocycles. The van der Waals surface area contributed by atoms with Crippen LogP contribution in [-0.2, 0) is 6.54 Å². The Morgan fingerprint density at radius 3 is 2.63 bits per heavy atom. The van der Waals surface area contributed by atoms with E-state index in [1.54, 1.807) is 0 Å². The Morgan fingerprint density at radius 2 is 2.05 bits per heavy atom. The van der Waals surface area contributed by atoms with Gasteiger partial charge in [0, 0.05) is 30.4 Å². The molecule has 1 aliphatic rings. The van der Waals surface area contributed by atoms with Crippen molar-refractivity contribution >= 4 is 16.5 Å². The zero-order valence-corrected chi connectivity index (χ0v) is 13.4. The summed E-state index contributed by atoms with van der Waals surface area (Å²) in [6.07, 6.45) is 5.06. The van der Waals surface area contributed by atoms with Gasteiger partial charge in [-0.3, -0.25) is 0 Å². The van der Waals surface area contributed by atoms with E-state index in [1.165, 1.54) is 41.4 Å². The first-order valence-electron chi connectivity index (χ1n) is 7.75. The van der Waals surface area contributed by atoms with Crippen LogP contribution in [0.2, 0.25) is 0 Å². The summed E-state index contributed by atoms with van der Waals surface area (Å²) in [6, 6.07) is 0. The van der Waals surface area contributed by atoms with Crippen LogP contribution < -0.4 is 10.2 Å². The predicted molar refractivity (Wildman–Crippen MR) is 84.3 cm³/mol. The monoisotopic (exact) mass is 281 g/mol. The summed E-state index contributed by atoms with van der Waals surface area (Å²) >= 11 is 1.90. The fourth-order valence-corrected chi connectivity index (χ4v) is 3.53. The zero-order valence-electron chi connectivity index (χ0n) is 12.5. The number of thiazole rings is 1. The maximum atomic E-state index is 4.95. The van der Waals surface area contributed by atoms with Gasteiger partial charge in [0.15, 0.2) is 5.13 Å². The highest BCUT2D eigenvalue weighted by Gasteiger charge is 2.30. The van der Waals surface area contributed by atoms with Crippen LogP contribution in [0.4, 0.5) is 5.13 Å². The van der Waals surface area contributed by atoms with Crippen LogP contribution in [0.25, 0.3) is 0 Å². The van der Waals surface area contributed by atoms with E-state index in [-0.39, 0.29) is 0 Å². The summed E-state index contributed by atoms with van der Waals surface area (Å²) < 4.78 is 0. The highest BCUT2D eigenvalue weighted by molar-refractivity contribution is 7.15.